The van der Waals surface area contributed by atoms with Crippen LogP contribution in [-0.4, -0.2) is 47.9 Å². The minimum atomic E-state index is -0.497. The van der Waals surface area contributed by atoms with E-state index in [0.29, 0.717) is 43.0 Å². The van der Waals surface area contributed by atoms with Gasteiger partial charge in [0.15, 0.2) is 0 Å². The molecule has 0 bridgehead atoms. The van der Waals surface area contributed by atoms with E-state index in [1.54, 1.807) is 12.3 Å². The number of halogens is 1. The summed E-state index contributed by atoms with van der Waals surface area (Å²) in [6.07, 6.45) is 1.76. The molecule has 0 atom stereocenters. The molecule has 0 N–H and O–H groups in total. The van der Waals surface area contributed by atoms with Crippen LogP contribution in [0.2, 0.25) is 0 Å². The molecular formula is C27H25FN4O2. The number of aromatic nitrogens is 1. The highest BCUT2D eigenvalue weighted by atomic mass is 19.1. The first-order chi connectivity index (χ1) is 16.4. The van der Waals surface area contributed by atoms with Gasteiger partial charge in [-0.1, -0.05) is 30.3 Å². The average Bonchev–Trinajstić information content (AvgIpc) is 3.11. The van der Waals surface area contributed by atoms with Crippen molar-refractivity contribution < 1.29 is 14.0 Å². The van der Waals surface area contributed by atoms with Gasteiger partial charge >= 0.3 is 0 Å². The third-order valence-corrected chi connectivity index (χ3v) is 6.49. The second-order valence-corrected chi connectivity index (χ2v) is 8.61. The van der Waals surface area contributed by atoms with Crippen LogP contribution in [0.3, 0.4) is 0 Å². The van der Waals surface area contributed by atoms with Crippen molar-refractivity contribution in [3.05, 3.63) is 95.1 Å². The van der Waals surface area contributed by atoms with E-state index in [2.05, 4.69) is 9.88 Å². The van der Waals surface area contributed by atoms with E-state index >= 15 is 0 Å². The van der Waals surface area contributed by atoms with Crippen molar-refractivity contribution in [2.45, 2.75) is 13.8 Å². The minimum absolute atomic E-state index is 0.235. The number of piperazine rings is 1. The molecule has 2 aliphatic rings. The second-order valence-electron chi connectivity index (χ2n) is 8.61. The number of hydrogen-bond donors (Lipinski definition) is 0. The lowest BCUT2D eigenvalue weighted by atomic mass is 9.99. The predicted molar refractivity (Wildman–Crippen MR) is 130 cm³/mol. The number of pyridine rings is 1. The number of amides is 2. The molecule has 0 unspecified atom stereocenters. The van der Waals surface area contributed by atoms with Gasteiger partial charge in [-0.05, 0) is 60.9 Å². The number of hydrogen-bond acceptors (Lipinski definition) is 5. The number of nitrogens with zero attached hydrogens (tertiary/aromatic N) is 4. The molecule has 172 valence electrons. The lowest BCUT2D eigenvalue weighted by molar-refractivity contribution is -0.120. The lowest BCUT2D eigenvalue weighted by Gasteiger charge is -2.37. The van der Waals surface area contributed by atoms with Crippen molar-refractivity contribution >= 4 is 28.9 Å². The summed E-state index contributed by atoms with van der Waals surface area (Å²) in [5.74, 6) is -0.458. The van der Waals surface area contributed by atoms with Crippen LogP contribution < -0.4 is 9.80 Å². The maximum atomic E-state index is 14.0. The quantitative estimate of drug-likeness (QED) is 0.557. The number of rotatable bonds is 4. The summed E-state index contributed by atoms with van der Waals surface area (Å²) in [5.41, 5.74) is 3.81. The standard InChI is InChI=1S/C27H25FN4O2/c1-18-9-10-20(16-19(18)2)24-25(27(34)32(26(24)33)22-7-5-6-21(28)17-22)31-14-12-30(13-15-31)23-8-3-4-11-29-23/h3-11,16-17H,12-15H2,1-2H3. The highest BCUT2D eigenvalue weighted by Gasteiger charge is 2.43. The van der Waals surface area contributed by atoms with Crippen molar-refractivity contribution in [3.8, 4) is 0 Å². The fourth-order valence-electron chi connectivity index (χ4n) is 4.52. The summed E-state index contributed by atoms with van der Waals surface area (Å²) in [7, 11) is 0. The Morgan fingerprint density at radius 3 is 2.24 bits per heavy atom. The Hall–Kier alpha value is -4.00. The topological polar surface area (TPSA) is 56.8 Å². The Kier molecular flexibility index (Phi) is 5.61. The van der Waals surface area contributed by atoms with Crippen LogP contribution in [0.25, 0.3) is 5.57 Å². The minimum Gasteiger partial charge on any atom is -0.363 e. The third kappa shape index (κ3) is 3.83. The Balaban J connectivity index is 1.53. The normalized spacial score (nSPS) is 16.6. The summed E-state index contributed by atoms with van der Waals surface area (Å²) >= 11 is 0. The SMILES string of the molecule is Cc1ccc(C2=C(N3CCN(c4ccccn4)CC3)C(=O)N(c3cccc(F)c3)C2=O)cc1C. The molecule has 1 fully saturated rings. The van der Waals surface area contributed by atoms with Crippen molar-refractivity contribution in [1.29, 1.82) is 0 Å². The first-order valence-corrected chi connectivity index (χ1v) is 11.3. The molecular weight excluding hydrogens is 431 g/mol. The molecule has 34 heavy (non-hydrogen) atoms. The zero-order valence-electron chi connectivity index (χ0n) is 19.2. The maximum absolute atomic E-state index is 14.0. The number of anilines is 2. The Morgan fingerprint density at radius 1 is 0.794 bits per heavy atom. The van der Waals surface area contributed by atoms with E-state index in [1.807, 2.05) is 55.1 Å². The lowest BCUT2D eigenvalue weighted by Crippen LogP contribution is -2.48. The Morgan fingerprint density at radius 2 is 1.56 bits per heavy atom. The molecule has 2 aromatic carbocycles. The van der Waals surface area contributed by atoms with Gasteiger partial charge in [0.25, 0.3) is 11.8 Å². The highest BCUT2D eigenvalue weighted by Crippen LogP contribution is 2.36. The molecule has 1 aromatic heterocycles. The molecule has 0 aliphatic carbocycles. The summed E-state index contributed by atoms with van der Waals surface area (Å²) < 4.78 is 14.0. The van der Waals surface area contributed by atoms with Crippen LogP contribution in [0, 0.1) is 19.7 Å². The van der Waals surface area contributed by atoms with Gasteiger partial charge in [-0.2, -0.15) is 0 Å². The second kappa shape index (κ2) is 8.74. The van der Waals surface area contributed by atoms with Gasteiger partial charge in [-0.25, -0.2) is 14.3 Å². The average molecular weight is 457 g/mol. The van der Waals surface area contributed by atoms with E-state index in [0.717, 1.165) is 21.8 Å². The number of benzene rings is 2. The van der Waals surface area contributed by atoms with E-state index in [9.17, 15) is 14.0 Å². The molecule has 0 radical (unpaired) electrons. The highest BCUT2D eigenvalue weighted by molar-refractivity contribution is 6.45. The third-order valence-electron chi connectivity index (χ3n) is 6.49. The molecule has 0 spiro atoms. The molecule has 3 heterocycles. The predicted octanol–water partition coefficient (Wildman–Crippen LogP) is 3.94. The fraction of sp³-hybridized carbons (Fsp3) is 0.222. The summed E-state index contributed by atoms with van der Waals surface area (Å²) in [5, 5.41) is 0. The van der Waals surface area contributed by atoms with Gasteiger partial charge in [0.2, 0.25) is 0 Å². The van der Waals surface area contributed by atoms with Crippen molar-refractivity contribution in [1.82, 2.24) is 9.88 Å². The van der Waals surface area contributed by atoms with Crippen LogP contribution in [-0.2, 0) is 9.59 Å². The van der Waals surface area contributed by atoms with Crippen LogP contribution in [0.5, 0.6) is 0 Å². The van der Waals surface area contributed by atoms with Gasteiger partial charge < -0.3 is 9.80 Å². The first kappa shape index (κ1) is 21.8. The number of imide groups is 1. The van der Waals surface area contributed by atoms with Crippen LogP contribution >= 0.6 is 0 Å². The molecule has 7 heteroatoms. The monoisotopic (exact) mass is 456 g/mol. The largest absolute Gasteiger partial charge is 0.363 e. The van der Waals surface area contributed by atoms with Gasteiger partial charge in [0.1, 0.15) is 17.3 Å². The molecule has 6 nitrogen and oxygen atoms in total. The molecule has 5 rings (SSSR count). The van der Waals surface area contributed by atoms with Crippen LogP contribution in [0.1, 0.15) is 16.7 Å². The summed E-state index contributed by atoms with van der Waals surface area (Å²) in [6.45, 7) is 6.46. The van der Waals surface area contributed by atoms with Crippen molar-refractivity contribution in [2.24, 2.45) is 0 Å². The number of aryl methyl sites for hydroxylation is 2. The first-order valence-electron chi connectivity index (χ1n) is 11.3. The number of carbonyl (C=O) groups excluding carboxylic acids is 2. The molecule has 2 amide bonds. The Labute approximate surface area is 197 Å². The smallest absolute Gasteiger partial charge is 0.282 e. The maximum Gasteiger partial charge on any atom is 0.282 e. The van der Waals surface area contributed by atoms with E-state index in [-0.39, 0.29) is 5.69 Å². The van der Waals surface area contributed by atoms with Gasteiger partial charge in [-0.3, -0.25) is 9.59 Å². The van der Waals surface area contributed by atoms with Gasteiger partial charge in [0.05, 0.1) is 11.3 Å². The van der Waals surface area contributed by atoms with Gasteiger partial charge in [0, 0.05) is 32.4 Å². The molecule has 0 saturated carbocycles. The van der Waals surface area contributed by atoms with Crippen LogP contribution in [0.4, 0.5) is 15.9 Å². The molecule has 3 aromatic rings. The van der Waals surface area contributed by atoms with Gasteiger partial charge in [-0.15, -0.1) is 0 Å². The Bertz CT molecular complexity index is 1300. The van der Waals surface area contributed by atoms with Crippen LogP contribution in [0.15, 0.2) is 72.6 Å². The zero-order chi connectivity index (χ0) is 23.8. The van der Waals surface area contributed by atoms with Crippen molar-refractivity contribution in [2.75, 3.05) is 36.0 Å². The molecule has 2 aliphatic heterocycles. The van der Waals surface area contributed by atoms with E-state index in [4.69, 9.17) is 0 Å². The van der Waals surface area contributed by atoms with E-state index < -0.39 is 17.6 Å². The zero-order valence-corrected chi connectivity index (χ0v) is 19.2. The van der Waals surface area contributed by atoms with Crippen molar-refractivity contribution in [3.63, 3.8) is 0 Å². The van der Waals surface area contributed by atoms with E-state index in [1.165, 1.54) is 18.2 Å². The summed E-state index contributed by atoms with van der Waals surface area (Å²) in [4.78, 5) is 37.0. The number of carbonyl (C=O) groups is 2. The summed E-state index contributed by atoms with van der Waals surface area (Å²) in [6, 6.07) is 17.2. The molecule has 1 saturated heterocycles. The fourth-order valence-corrected chi connectivity index (χ4v) is 4.52.